The number of pyridine rings is 1. The first-order valence-corrected chi connectivity index (χ1v) is 9.89. The zero-order valence-corrected chi connectivity index (χ0v) is 17.9. The Morgan fingerprint density at radius 2 is 1.85 bits per heavy atom. The van der Waals surface area contributed by atoms with E-state index >= 15 is 0 Å². The molecule has 0 aromatic carbocycles. The van der Waals surface area contributed by atoms with E-state index in [0.717, 1.165) is 16.3 Å². The van der Waals surface area contributed by atoms with E-state index in [1.165, 1.54) is 7.05 Å². The van der Waals surface area contributed by atoms with Gasteiger partial charge < -0.3 is 8.98 Å². The van der Waals surface area contributed by atoms with Gasteiger partial charge in [0.05, 0.1) is 24.7 Å². The monoisotopic (exact) mass is 460 g/mol. The summed E-state index contributed by atoms with van der Waals surface area (Å²) in [6.45, 7) is 3.40. The van der Waals surface area contributed by atoms with Crippen molar-refractivity contribution >= 4 is 16.8 Å². The number of halogens is 3. The van der Waals surface area contributed by atoms with Crippen molar-refractivity contribution in [2.45, 2.75) is 33.1 Å². The van der Waals surface area contributed by atoms with Gasteiger partial charge in [-0.05, 0) is 44.2 Å². The Balaban J connectivity index is 1.73. The minimum absolute atomic E-state index is 0.193. The molecule has 4 heterocycles. The molecule has 0 fully saturated rings. The van der Waals surface area contributed by atoms with Gasteiger partial charge in [-0.15, -0.1) is 0 Å². The lowest BCUT2D eigenvalue weighted by atomic mass is 10.1. The zero-order valence-electron chi connectivity index (χ0n) is 17.9. The van der Waals surface area contributed by atoms with E-state index in [2.05, 4.69) is 4.98 Å². The van der Waals surface area contributed by atoms with Crippen molar-refractivity contribution in [3.05, 3.63) is 85.8 Å². The van der Waals surface area contributed by atoms with Crippen molar-refractivity contribution in [2.75, 3.05) is 0 Å². The SMILES string of the molecule is Cc1cc(C(=O)Cn2c(=O)c3ccc(C(F)(F)F)nc3n(C)c2=O)c(C)n1Cc1ccco1. The molecule has 11 heteroatoms. The highest BCUT2D eigenvalue weighted by Gasteiger charge is 2.33. The van der Waals surface area contributed by atoms with Crippen LogP contribution in [0.4, 0.5) is 13.2 Å². The fourth-order valence-corrected chi connectivity index (χ4v) is 3.79. The smallest absolute Gasteiger partial charge is 0.433 e. The number of hydrogen-bond acceptors (Lipinski definition) is 5. The second-order valence-electron chi connectivity index (χ2n) is 7.67. The molecule has 172 valence electrons. The van der Waals surface area contributed by atoms with E-state index in [0.29, 0.717) is 34.2 Å². The summed E-state index contributed by atoms with van der Waals surface area (Å²) in [4.78, 5) is 42.1. The van der Waals surface area contributed by atoms with Gasteiger partial charge in [0.2, 0.25) is 0 Å². The predicted octanol–water partition coefficient (Wildman–Crippen LogP) is 3.06. The summed E-state index contributed by atoms with van der Waals surface area (Å²) >= 11 is 0. The van der Waals surface area contributed by atoms with E-state index < -0.39 is 41.1 Å². The standard InChI is InChI=1S/C22H19F3N4O4/c1-12-9-16(13(2)28(12)10-14-5-4-8-33-14)17(30)11-29-20(31)15-6-7-18(22(23,24)25)26-19(15)27(3)21(29)32/h4-9H,10-11H2,1-3H3. The van der Waals surface area contributed by atoms with Crippen molar-refractivity contribution in [1.82, 2.24) is 18.7 Å². The lowest BCUT2D eigenvalue weighted by Gasteiger charge is -2.12. The van der Waals surface area contributed by atoms with Crippen molar-refractivity contribution in [3.63, 3.8) is 0 Å². The van der Waals surface area contributed by atoms with Crippen LogP contribution in [0, 0.1) is 13.8 Å². The number of rotatable bonds is 5. The Hall–Kier alpha value is -3.89. The summed E-state index contributed by atoms with van der Waals surface area (Å²) in [5.74, 6) is 0.216. The van der Waals surface area contributed by atoms with Crippen LogP contribution in [-0.2, 0) is 26.3 Å². The fourth-order valence-electron chi connectivity index (χ4n) is 3.79. The Bertz CT molecular complexity index is 1490. The average molecular weight is 460 g/mol. The normalized spacial score (nSPS) is 11.9. The average Bonchev–Trinajstić information content (AvgIpc) is 3.38. The number of carbonyl (C=O) groups excluding carboxylic acids is 1. The third kappa shape index (κ3) is 3.90. The maximum absolute atomic E-state index is 13.0. The quantitative estimate of drug-likeness (QED) is 0.427. The number of fused-ring (bicyclic) bond motifs is 1. The van der Waals surface area contributed by atoms with Crippen LogP contribution < -0.4 is 11.2 Å². The summed E-state index contributed by atoms with van der Waals surface area (Å²) in [5.41, 5.74) is -1.68. The largest absolute Gasteiger partial charge is 0.467 e. The number of nitrogens with zero attached hydrogens (tertiary/aromatic N) is 4. The van der Waals surface area contributed by atoms with Crippen LogP contribution in [0.1, 0.15) is 33.2 Å². The first-order chi connectivity index (χ1) is 15.5. The first kappa shape index (κ1) is 22.3. The van der Waals surface area contributed by atoms with E-state index in [1.54, 1.807) is 31.4 Å². The Morgan fingerprint density at radius 1 is 1.12 bits per heavy atom. The number of furan rings is 1. The van der Waals surface area contributed by atoms with Gasteiger partial charge in [-0.1, -0.05) is 0 Å². The van der Waals surface area contributed by atoms with Crippen LogP contribution in [0.2, 0.25) is 0 Å². The molecule has 0 bridgehead atoms. The van der Waals surface area contributed by atoms with E-state index in [1.807, 2.05) is 11.5 Å². The molecule has 0 saturated carbocycles. The minimum Gasteiger partial charge on any atom is -0.467 e. The van der Waals surface area contributed by atoms with E-state index in [9.17, 15) is 27.6 Å². The molecule has 0 unspecified atom stereocenters. The number of ketones is 1. The fraction of sp³-hybridized carbons (Fsp3) is 0.273. The summed E-state index contributed by atoms with van der Waals surface area (Å²) in [6.07, 6.45) is -3.18. The van der Waals surface area contributed by atoms with Crippen molar-refractivity contribution < 1.29 is 22.4 Å². The predicted molar refractivity (Wildman–Crippen MR) is 112 cm³/mol. The maximum Gasteiger partial charge on any atom is 0.433 e. The van der Waals surface area contributed by atoms with Crippen LogP contribution in [0.5, 0.6) is 0 Å². The summed E-state index contributed by atoms with van der Waals surface area (Å²) in [6, 6.07) is 6.85. The molecule has 0 aliphatic rings. The Labute approximate surface area is 184 Å². The van der Waals surface area contributed by atoms with Crippen molar-refractivity contribution in [1.29, 1.82) is 0 Å². The number of Topliss-reactive ketones (excluding diaryl/α,β-unsaturated/α-hetero) is 1. The minimum atomic E-state index is -4.73. The van der Waals surface area contributed by atoms with E-state index in [4.69, 9.17) is 4.42 Å². The van der Waals surface area contributed by atoms with Gasteiger partial charge in [-0.3, -0.25) is 18.7 Å². The van der Waals surface area contributed by atoms with Crippen LogP contribution in [0.3, 0.4) is 0 Å². The van der Waals surface area contributed by atoms with Crippen molar-refractivity contribution in [3.8, 4) is 0 Å². The highest BCUT2D eigenvalue weighted by atomic mass is 19.4. The summed E-state index contributed by atoms with van der Waals surface area (Å²) < 4.78 is 47.7. The topological polar surface area (TPSA) is 92.0 Å². The molecule has 4 aromatic rings. The first-order valence-electron chi connectivity index (χ1n) is 9.89. The van der Waals surface area contributed by atoms with Gasteiger partial charge in [0.25, 0.3) is 5.56 Å². The number of alkyl halides is 3. The lowest BCUT2D eigenvalue weighted by Crippen LogP contribution is -2.41. The van der Waals surface area contributed by atoms with Gasteiger partial charge in [-0.2, -0.15) is 13.2 Å². The lowest BCUT2D eigenvalue weighted by molar-refractivity contribution is -0.141. The second-order valence-corrected chi connectivity index (χ2v) is 7.67. The molecule has 4 aromatic heterocycles. The molecule has 0 aliphatic carbocycles. The maximum atomic E-state index is 13.0. The van der Waals surface area contributed by atoms with Crippen LogP contribution in [-0.4, -0.2) is 24.5 Å². The molecule has 8 nitrogen and oxygen atoms in total. The molecule has 0 N–H and O–H groups in total. The van der Waals surface area contributed by atoms with E-state index in [-0.39, 0.29) is 5.39 Å². The highest BCUT2D eigenvalue weighted by Crippen LogP contribution is 2.28. The highest BCUT2D eigenvalue weighted by molar-refractivity contribution is 5.97. The number of carbonyl (C=O) groups is 1. The molecule has 0 amide bonds. The molecule has 0 aliphatic heterocycles. The van der Waals surface area contributed by atoms with Gasteiger partial charge in [0, 0.05) is 24.0 Å². The molecule has 33 heavy (non-hydrogen) atoms. The van der Waals surface area contributed by atoms with Gasteiger partial charge in [0.15, 0.2) is 5.78 Å². The number of aryl methyl sites for hydroxylation is 2. The van der Waals surface area contributed by atoms with Crippen LogP contribution in [0.15, 0.2) is 50.6 Å². The molecule has 0 saturated heterocycles. The third-order valence-corrected chi connectivity index (χ3v) is 5.55. The third-order valence-electron chi connectivity index (χ3n) is 5.55. The van der Waals surface area contributed by atoms with Crippen LogP contribution in [0.25, 0.3) is 11.0 Å². The van der Waals surface area contributed by atoms with Gasteiger partial charge >= 0.3 is 11.9 Å². The second kappa shape index (κ2) is 7.91. The molecule has 4 rings (SSSR count). The molecular formula is C22H19F3N4O4. The molecular weight excluding hydrogens is 441 g/mol. The summed E-state index contributed by atoms with van der Waals surface area (Å²) in [7, 11) is 1.20. The summed E-state index contributed by atoms with van der Waals surface area (Å²) in [5, 5.41) is -0.193. The van der Waals surface area contributed by atoms with Crippen LogP contribution >= 0.6 is 0 Å². The van der Waals surface area contributed by atoms with Crippen molar-refractivity contribution in [2.24, 2.45) is 7.05 Å². The van der Waals surface area contributed by atoms with Gasteiger partial charge in [-0.25, -0.2) is 9.78 Å². The molecule has 0 radical (unpaired) electrons. The number of hydrogen-bond donors (Lipinski definition) is 0. The molecule has 0 spiro atoms. The van der Waals surface area contributed by atoms with Gasteiger partial charge in [0.1, 0.15) is 17.1 Å². The Kier molecular flexibility index (Phi) is 5.35. The zero-order chi connectivity index (χ0) is 24.1. The Morgan fingerprint density at radius 3 is 2.48 bits per heavy atom. The number of aromatic nitrogens is 4. The molecule has 0 atom stereocenters.